The van der Waals surface area contributed by atoms with Gasteiger partial charge in [0.1, 0.15) is 12.1 Å². The van der Waals surface area contributed by atoms with E-state index in [2.05, 4.69) is 22.0 Å². The van der Waals surface area contributed by atoms with Crippen LogP contribution in [0.3, 0.4) is 0 Å². The van der Waals surface area contributed by atoms with E-state index in [9.17, 15) is 0 Å². The summed E-state index contributed by atoms with van der Waals surface area (Å²) < 4.78 is 1.57. The SMILES string of the molecule is CCc1nc2ncnn2c(N)c1CCCCl. The second-order valence-electron chi connectivity index (χ2n) is 3.54. The Morgan fingerprint density at radius 1 is 1.50 bits per heavy atom. The highest BCUT2D eigenvalue weighted by Gasteiger charge is 2.12. The van der Waals surface area contributed by atoms with Crippen LogP contribution in [0.1, 0.15) is 24.6 Å². The van der Waals surface area contributed by atoms with Gasteiger partial charge in [-0.15, -0.1) is 11.6 Å². The summed E-state index contributed by atoms with van der Waals surface area (Å²) in [6.07, 6.45) is 4.02. The highest BCUT2D eigenvalue weighted by atomic mass is 35.5. The predicted octanol–water partition coefficient (Wildman–Crippen LogP) is 1.44. The fraction of sp³-hybridized carbons (Fsp3) is 0.500. The van der Waals surface area contributed by atoms with Crippen molar-refractivity contribution in [3.05, 3.63) is 17.6 Å². The third kappa shape index (κ3) is 1.82. The summed E-state index contributed by atoms with van der Waals surface area (Å²) in [5.74, 6) is 1.81. The summed E-state index contributed by atoms with van der Waals surface area (Å²) in [6, 6.07) is 0. The molecule has 0 aromatic carbocycles. The van der Waals surface area contributed by atoms with Crippen LogP contribution in [0.25, 0.3) is 5.78 Å². The monoisotopic (exact) mass is 239 g/mol. The van der Waals surface area contributed by atoms with Crippen molar-refractivity contribution >= 4 is 23.2 Å². The normalized spacial score (nSPS) is 11.1. The first-order valence-corrected chi connectivity index (χ1v) is 5.84. The molecule has 0 aliphatic heterocycles. The Hall–Kier alpha value is -1.36. The van der Waals surface area contributed by atoms with Crippen molar-refractivity contribution in [1.82, 2.24) is 19.6 Å². The lowest BCUT2D eigenvalue weighted by molar-refractivity contribution is 0.842. The minimum Gasteiger partial charge on any atom is -0.383 e. The molecule has 5 nitrogen and oxygen atoms in total. The molecule has 0 amide bonds. The summed E-state index contributed by atoms with van der Waals surface area (Å²) >= 11 is 5.70. The van der Waals surface area contributed by atoms with Gasteiger partial charge in [-0.05, 0) is 19.3 Å². The van der Waals surface area contributed by atoms with Crippen molar-refractivity contribution in [2.24, 2.45) is 0 Å². The Labute approximate surface area is 98.6 Å². The van der Waals surface area contributed by atoms with E-state index in [4.69, 9.17) is 17.3 Å². The van der Waals surface area contributed by atoms with Crippen molar-refractivity contribution in [3.63, 3.8) is 0 Å². The Kier molecular flexibility index (Phi) is 3.24. The van der Waals surface area contributed by atoms with Crippen LogP contribution in [0, 0.1) is 0 Å². The first-order chi connectivity index (χ1) is 7.77. The van der Waals surface area contributed by atoms with Gasteiger partial charge in [0.25, 0.3) is 5.78 Å². The van der Waals surface area contributed by atoms with E-state index >= 15 is 0 Å². The molecule has 0 saturated carbocycles. The average Bonchev–Trinajstić information content (AvgIpc) is 2.76. The molecule has 86 valence electrons. The van der Waals surface area contributed by atoms with Crippen molar-refractivity contribution in [2.45, 2.75) is 26.2 Å². The molecule has 2 aromatic heterocycles. The number of hydrogen-bond donors (Lipinski definition) is 1. The average molecular weight is 240 g/mol. The molecule has 2 heterocycles. The molecule has 2 rings (SSSR count). The third-order valence-electron chi connectivity index (χ3n) is 2.55. The van der Waals surface area contributed by atoms with Gasteiger partial charge < -0.3 is 5.73 Å². The fourth-order valence-electron chi connectivity index (χ4n) is 1.75. The van der Waals surface area contributed by atoms with Gasteiger partial charge in [-0.25, -0.2) is 4.98 Å². The van der Waals surface area contributed by atoms with Gasteiger partial charge in [-0.2, -0.15) is 14.6 Å². The number of fused-ring (bicyclic) bond motifs is 1. The molecule has 16 heavy (non-hydrogen) atoms. The number of hydrogen-bond acceptors (Lipinski definition) is 4. The number of anilines is 1. The molecule has 0 unspecified atom stereocenters. The Morgan fingerprint density at radius 3 is 3.00 bits per heavy atom. The molecule has 0 aliphatic rings. The molecular formula is C10H14ClN5. The highest BCUT2D eigenvalue weighted by Crippen LogP contribution is 2.18. The minimum atomic E-state index is 0.559. The fourth-order valence-corrected chi connectivity index (χ4v) is 1.89. The maximum absolute atomic E-state index is 6.06. The number of nitrogen functional groups attached to an aromatic ring is 1. The summed E-state index contributed by atoms with van der Waals surface area (Å²) in [5.41, 5.74) is 8.09. The van der Waals surface area contributed by atoms with Crippen LogP contribution in [0.4, 0.5) is 5.82 Å². The van der Waals surface area contributed by atoms with Crippen molar-refractivity contribution < 1.29 is 0 Å². The van der Waals surface area contributed by atoms with Crippen molar-refractivity contribution in [2.75, 3.05) is 11.6 Å². The first-order valence-electron chi connectivity index (χ1n) is 5.30. The topological polar surface area (TPSA) is 69.1 Å². The third-order valence-corrected chi connectivity index (χ3v) is 2.81. The Morgan fingerprint density at radius 2 is 2.31 bits per heavy atom. The van der Waals surface area contributed by atoms with Crippen LogP contribution in [0.15, 0.2) is 6.33 Å². The smallest absolute Gasteiger partial charge is 0.254 e. The molecule has 0 bridgehead atoms. The number of halogens is 1. The number of alkyl halides is 1. The molecule has 2 aromatic rings. The zero-order chi connectivity index (χ0) is 11.5. The lowest BCUT2D eigenvalue weighted by Gasteiger charge is -2.10. The van der Waals surface area contributed by atoms with Gasteiger partial charge >= 0.3 is 0 Å². The molecule has 0 atom stereocenters. The predicted molar refractivity (Wildman–Crippen MR) is 63.6 cm³/mol. The van der Waals surface area contributed by atoms with Crippen LogP contribution in [0.2, 0.25) is 0 Å². The van der Waals surface area contributed by atoms with Gasteiger partial charge in [-0.1, -0.05) is 6.92 Å². The lowest BCUT2D eigenvalue weighted by atomic mass is 10.1. The molecule has 6 heteroatoms. The van der Waals surface area contributed by atoms with E-state index in [1.165, 1.54) is 6.33 Å². The van der Waals surface area contributed by atoms with Gasteiger partial charge in [0, 0.05) is 11.4 Å². The Bertz CT molecular complexity index is 493. The number of rotatable bonds is 4. The van der Waals surface area contributed by atoms with Crippen LogP contribution in [-0.2, 0) is 12.8 Å². The zero-order valence-corrected chi connectivity index (χ0v) is 9.91. The van der Waals surface area contributed by atoms with Crippen molar-refractivity contribution in [3.8, 4) is 0 Å². The Balaban J connectivity index is 2.54. The molecule has 0 radical (unpaired) electrons. The highest BCUT2D eigenvalue weighted by molar-refractivity contribution is 6.17. The van der Waals surface area contributed by atoms with Gasteiger partial charge in [0.05, 0.1) is 5.69 Å². The first kappa shape index (κ1) is 11.1. The van der Waals surface area contributed by atoms with Crippen LogP contribution < -0.4 is 5.73 Å². The zero-order valence-electron chi connectivity index (χ0n) is 9.15. The summed E-state index contributed by atoms with van der Waals surface area (Å²) in [6.45, 7) is 2.05. The van der Waals surface area contributed by atoms with E-state index in [1.54, 1.807) is 4.52 Å². The van der Waals surface area contributed by atoms with E-state index < -0.39 is 0 Å². The van der Waals surface area contributed by atoms with Crippen LogP contribution >= 0.6 is 11.6 Å². The van der Waals surface area contributed by atoms with E-state index in [0.29, 0.717) is 17.5 Å². The molecule has 0 saturated heterocycles. The number of aryl methyl sites for hydroxylation is 1. The van der Waals surface area contributed by atoms with Gasteiger partial charge in [0.15, 0.2) is 0 Å². The largest absolute Gasteiger partial charge is 0.383 e. The molecule has 2 N–H and O–H groups in total. The maximum Gasteiger partial charge on any atom is 0.254 e. The summed E-state index contributed by atoms with van der Waals surface area (Å²) in [4.78, 5) is 8.48. The molecule has 0 fully saturated rings. The quantitative estimate of drug-likeness (QED) is 0.820. The molecular weight excluding hydrogens is 226 g/mol. The molecule has 0 spiro atoms. The maximum atomic E-state index is 6.06. The second-order valence-corrected chi connectivity index (χ2v) is 3.92. The summed E-state index contributed by atoms with van der Waals surface area (Å²) in [5, 5.41) is 4.05. The van der Waals surface area contributed by atoms with Gasteiger partial charge in [0.2, 0.25) is 0 Å². The number of nitrogens with two attached hydrogens (primary N) is 1. The number of aromatic nitrogens is 4. The van der Waals surface area contributed by atoms with E-state index in [-0.39, 0.29) is 0 Å². The standard InChI is InChI=1S/C10H14ClN5/c1-2-8-7(4-3-5-11)9(12)16-10(15-8)13-6-14-16/h6H,2-5,12H2,1H3. The van der Waals surface area contributed by atoms with E-state index in [0.717, 1.165) is 30.5 Å². The van der Waals surface area contributed by atoms with Crippen molar-refractivity contribution in [1.29, 1.82) is 0 Å². The van der Waals surface area contributed by atoms with Gasteiger partial charge in [-0.3, -0.25) is 0 Å². The summed E-state index contributed by atoms with van der Waals surface area (Å²) in [7, 11) is 0. The minimum absolute atomic E-state index is 0.559. The lowest BCUT2D eigenvalue weighted by Crippen LogP contribution is -2.10. The molecule has 0 aliphatic carbocycles. The number of nitrogens with zero attached hydrogens (tertiary/aromatic N) is 4. The van der Waals surface area contributed by atoms with Crippen LogP contribution in [-0.4, -0.2) is 25.5 Å². The van der Waals surface area contributed by atoms with Crippen LogP contribution in [0.5, 0.6) is 0 Å². The second kappa shape index (κ2) is 4.65. The van der Waals surface area contributed by atoms with E-state index in [1.807, 2.05) is 0 Å².